The van der Waals surface area contributed by atoms with Gasteiger partial charge in [-0.3, -0.25) is 4.79 Å². The number of aryl methyl sites for hydroxylation is 1. The lowest BCUT2D eigenvalue weighted by atomic mass is 10.1. The Hall–Kier alpha value is -3.01. The summed E-state index contributed by atoms with van der Waals surface area (Å²) < 4.78 is 11.4. The topological polar surface area (TPSA) is 47.6 Å². The molecule has 0 aromatic heterocycles. The van der Waals surface area contributed by atoms with Crippen molar-refractivity contribution in [1.29, 1.82) is 0 Å². The number of nitrogens with one attached hydrogen (secondary N) is 1. The summed E-state index contributed by atoms with van der Waals surface area (Å²) in [6, 6.07) is 21.7. The molecule has 0 aliphatic rings. The van der Waals surface area contributed by atoms with Gasteiger partial charge in [-0.15, -0.1) is 0 Å². The van der Waals surface area contributed by atoms with Crippen LogP contribution >= 0.6 is 0 Å². The Kier molecular flexibility index (Phi) is 5.74. The smallest absolute Gasteiger partial charge is 0.260 e. The molecule has 26 heavy (non-hydrogen) atoms. The Morgan fingerprint density at radius 2 is 1.73 bits per heavy atom. The molecule has 0 saturated carbocycles. The van der Waals surface area contributed by atoms with E-state index in [1.165, 1.54) is 0 Å². The first-order valence-electron chi connectivity index (χ1n) is 8.75. The van der Waals surface area contributed by atoms with E-state index in [-0.39, 0.29) is 5.91 Å². The third-order valence-electron chi connectivity index (χ3n) is 4.16. The summed E-state index contributed by atoms with van der Waals surface area (Å²) in [5.74, 6) is 1.36. The van der Waals surface area contributed by atoms with E-state index in [0.717, 1.165) is 22.1 Å². The van der Waals surface area contributed by atoms with Gasteiger partial charge in [0.15, 0.2) is 6.10 Å². The van der Waals surface area contributed by atoms with Crippen molar-refractivity contribution in [3.05, 3.63) is 72.3 Å². The Labute approximate surface area is 153 Å². The summed E-state index contributed by atoms with van der Waals surface area (Å²) >= 11 is 0. The minimum atomic E-state index is -0.574. The SMILES string of the molecule is Cc1ccccc1OCCNC(=O)[C@H](C)Oc1ccc2ccccc2c1. The van der Waals surface area contributed by atoms with Crippen molar-refractivity contribution in [3.8, 4) is 11.5 Å². The maximum Gasteiger partial charge on any atom is 0.260 e. The number of amides is 1. The van der Waals surface area contributed by atoms with Gasteiger partial charge in [0.25, 0.3) is 5.91 Å². The zero-order valence-electron chi connectivity index (χ0n) is 15.1. The van der Waals surface area contributed by atoms with Crippen LogP contribution in [0.1, 0.15) is 12.5 Å². The Bertz CT molecular complexity index is 891. The van der Waals surface area contributed by atoms with Crippen molar-refractivity contribution in [2.45, 2.75) is 20.0 Å². The van der Waals surface area contributed by atoms with E-state index in [0.29, 0.717) is 18.9 Å². The molecule has 0 saturated heterocycles. The minimum absolute atomic E-state index is 0.161. The van der Waals surface area contributed by atoms with Gasteiger partial charge in [-0.2, -0.15) is 0 Å². The molecule has 0 aliphatic heterocycles. The van der Waals surface area contributed by atoms with Crippen molar-refractivity contribution in [1.82, 2.24) is 5.32 Å². The molecule has 0 heterocycles. The molecule has 3 aromatic carbocycles. The highest BCUT2D eigenvalue weighted by Gasteiger charge is 2.14. The highest BCUT2D eigenvalue weighted by Crippen LogP contribution is 2.21. The lowest BCUT2D eigenvalue weighted by Gasteiger charge is -2.15. The number of hydrogen-bond donors (Lipinski definition) is 1. The van der Waals surface area contributed by atoms with Gasteiger partial charge in [-0.25, -0.2) is 0 Å². The predicted octanol–water partition coefficient (Wildman–Crippen LogP) is 4.11. The maximum atomic E-state index is 12.2. The largest absolute Gasteiger partial charge is 0.491 e. The van der Waals surface area contributed by atoms with Crippen molar-refractivity contribution < 1.29 is 14.3 Å². The first kappa shape index (κ1) is 17.8. The summed E-state index contributed by atoms with van der Waals surface area (Å²) in [5, 5.41) is 5.07. The standard InChI is InChI=1S/C22H23NO3/c1-16-7-3-6-10-21(16)25-14-13-23-22(24)17(2)26-20-12-11-18-8-4-5-9-19(18)15-20/h3-12,15,17H,13-14H2,1-2H3,(H,23,24)/t17-/m0/s1. The average molecular weight is 349 g/mol. The zero-order valence-corrected chi connectivity index (χ0v) is 15.1. The molecule has 0 unspecified atom stereocenters. The zero-order chi connectivity index (χ0) is 18.4. The lowest BCUT2D eigenvalue weighted by Crippen LogP contribution is -2.38. The molecule has 0 bridgehead atoms. The number of fused-ring (bicyclic) bond motifs is 1. The van der Waals surface area contributed by atoms with Crippen LogP contribution in [-0.4, -0.2) is 25.2 Å². The fraction of sp³-hybridized carbons (Fsp3) is 0.227. The van der Waals surface area contributed by atoms with Gasteiger partial charge in [0.2, 0.25) is 0 Å². The molecule has 134 valence electrons. The van der Waals surface area contributed by atoms with Gasteiger partial charge in [0.05, 0.1) is 6.54 Å². The quantitative estimate of drug-likeness (QED) is 0.653. The summed E-state index contributed by atoms with van der Waals surface area (Å²) in [4.78, 5) is 12.2. The van der Waals surface area contributed by atoms with Crippen LogP contribution in [0.3, 0.4) is 0 Å². The summed E-state index contributed by atoms with van der Waals surface area (Å²) in [6.07, 6.45) is -0.574. The molecule has 0 radical (unpaired) electrons. The Balaban J connectivity index is 1.47. The summed E-state index contributed by atoms with van der Waals surface area (Å²) in [5.41, 5.74) is 1.08. The molecular weight excluding hydrogens is 326 g/mol. The number of hydrogen-bond acceptors (Lipinski definition) is 3. The van der Waals surface area contributed by atoms with Crippen LogP contribution in [-0.2, 0) is 4.79 Å². The molecule has 0 spiro atoms. The fourth-order valence-electron chi connectivity index (χ4n) is 2.70. The van der Waals surface area contributed by atoms with E-state index in [1.807, 2.05) is 73.7 Å². The van der Waals surface area contributed by atoms with Crippen molar-refractivity contribution >= 4 is 16.7 Å². The number of ether oxygens (including phenoxy) is 2. The molecular formula is C22H23NO3. The number of rotatable bonds is 7. The predicted molar refractivity (Wildman–Crippen MR) is 104 cm³/mol. The van der Waals surface area contributed by atoms with Gasteiger partial charge in [0.1, 0.15) is 18.1 Å². The molecule has 1 amide bonds. The van der Waals surface area contributed by atoms with E-state index in [2.05, 4.69) is 5.32 Å². The van der Waals surface area contributed by atoms with Crippen LogP contribution in [0.4, 0.5) is 0 Å². The van der Waals surface area contributed by atoms with Crippen LogP contribution in [0.2, 0.25) is 0 Å². The second kappa shape index (κ2) is 8.39. The van der Waals surface area contributed by atoms with Crippen LogP contribution in [0.15, 0.2) is 66.7 Å². The number of para-hydroxylation sites is 1. The third-order valence-corrected chi connectivity index (χ3v) is 4.16. The van der Waals surface area contributed by atoms with E-state index in [9.17, 15) is 4.79 Å². The first-order valence-corrected chi connectivity index (χ1v) is 8.75. The van der Waals surface area contributed by atoms with E-state index in [4.69, 9.17) is 9.47 Å². The second-order valence-corrected chi connectivity index (χ2v) is 6.17. The third kappa shape index (κ3) is 4.54. The molecule has 1 atom stereocenters. The highest BCUT2D eigenvalue weighted by atomic mass is 16.5. The van der Waals surface area contributed by atoms with Crippen LogP contribution < -0.4 is 14.8 Å². The van der Waals surface area contributed by atoms with Gasteiger partial charge >= 0.3 is 0 Å². The molecule has 4 heteroatoms. The Morgan fingerprint density at radius 3 is 2.54 bits per heavy atom. The van der Waals surface area contributed by atoms with Crippen LogP contribution in [0, 0.1) is 6.92 Å². The molecule has 3 aromatic rings. The monoisotopic (exact) mass is 349 g/mol. The number of carbonyl (C=O) groups excluding carboxylic acids is 1. The fourth-order valence-corrected chi connectivity index (χ4v) is 2.70. The molecule has 0 fully saturated rings. The lowest BCUT2D eigenvalue weighted by molar-refractivity contribution is -0.127. The molecule has 3 rings (SSSR count). The van der Waals surface area contributed by atoms with Crippen LogP contribution in [0.25, 0.3) is 10.8 Å². The maximum absolute atomic E-state index is 12.2. The van der Waals surface area contributed by atoms with Crippen molar-refractivity contribution in [3.63, 3.8) is 0 Å². The van der Waals surface area contributed by atoms with E-state index >= 15 is 0 Å². The molecule has 4 nitrogen and oxygen atoms in total. The summed E-state index contributed by atoms with van der Waals surface area (Å²) in [7, 11) is 0. The highest BCUT2D eigenvalue weighted by molar-refractivity contribution is 5.84. The van der Waals surface area contributed by atoms with E-state index in [1.54, 1.807) is 6.92 Å². The van der Waals surface area contributed by atoms with Gasteiger partial charge in [0, 0.05) is 0 Å². The Morgan fingerprint density at radius 1 is 1.00 bits per heavy atom. The van der Waals surface area contributed by atoms with Crippen molar-refractivity contribution in [2.24, 2.45) is 0 Å². The number of benzene rings is 3. The number of carbonyl (C=O) groups is 1. The van der Waals surface area contributed by atoms with Crippen LogP contribution in [0.5, 0.6) is 11.5 Å². The van der Waals surface area contributed by atoms with Gasteiger partial charge in [-0.05, 0) is 48.4 Å². The molecule has 1 N–H and O–H groups in total. The normalized spacial score (nSPS) is 11.8. The summed E-state index contributed by atoms with van der Waals surface area (Å²) in [6.45, 7) is 4.58. The average Bonchev–Trinajstić information content (AvgIpc) is 2.66. The minimum Gasteiger partial charge on any atom is -0.491 e. The van der Waals surface area contributed by atoms with E-state index < -0.39 is 6.10 Å². The first-order chi connectivity index (χ1) is 12.6. The second-order valence-electron chi connectivity index (χ2n) is 6.17. The van der Waals surface area contributed by atoms with Crippen molar-refractivity contribution in [2.75, 3.05) is 13.2 Å². The molecule has 0 aliphatic carbocycles. The van der Waals surface area contributed by atoms with Gasteiger partial charge < -0.3 is 14.8 Å². The van der Waals surface area contributed by atoms with Gasteiger partial charge in [-0.1, -0.05) is 48.5 Å².